The third-order valence-corrected chi connectivity index (χ3v) is 4.37. The van der Waals surface area contributed by atoms with Gasteiger partial charge in [-0.15, -0.1) is 27.2 Å². The highest BCUT2D eigenvalue weighted by Crippen LogP contribution is 2.31. The molecule has 0 aliphatic rings. The van der Waals surface area contributed by atoms with Gasteiger partial charge in [-0.2, -0.15) is 0 Å². The Morgan fingerprint density at radius 1 is 1.17 bits per heavy atom. The lowest BCUT2D eigenvalue weighted by atomic mass is 10.2. The normalized spacial score (nSPS) is 10.3. The molecule has 0 saturated carbocycles. The van der Waals surface area contributed by atoms with E-state index in [1.165, 1.54) is 0 Å². The molecule has 3 aromatic heterocycles. The Labute approximate surface area is 187 Å². The maximum Gasteiger partial charge on any atom is 0.278 e. The van der Waals surface area contributed by atoms with Gasteiger partial charge in [-0.25, -0.2) is 0 Å². The summed E-state index contributed by atoms with van der Waals surface area (Å²) < 4.78 is 11.3. The Morgan fingerprint density at radius 2 is 1.97 bits per heavy atom. The second-order valence-electron chi connectivity index (χ2n) is 6.07. The molecule has 0 atom stereocenters. The Bertz CT molecular complexity index is 1170. The average Bonchev–Trinajstić information content (AvgIpc) is 3.25. The smallest absolute Gasteiger partial charge is 0.278 e. The van der Waals surface area contributed by atoms with Crippen LogP contribution < -0.4 is 15.4 Å². The van der Waals surface area contributed by atoms with Gasteiger partial charge in [-0.1, -0.05) is 11.6 Å². The number of furan rings is 1. The number of benzene rings is 1. The Hall–Kier alpha value is -3.17. The molecule has 154 valence electrons. The summed E-state index contributed by atoms with van der Waals surface area (Å²) in [5.74, 6) is 0.525. The van der Waals surface area contributed by atoms with E-state index in [1.807, 2.05) is 12.1 Å². The summed E-state index contributed by atoms with van der Waals surface area (Å²) in [6.45, 7) is 0.182. The topological polar surface area (TPSA) is 102 Å². The van der Waals surface area contributed by atoms with Crippen molar-refractivity contribution in [3.05, 3.63) is 71.2 Å². The first kappa shape index (κ1) is 21.5. The van der Waals surface area contributed by atoms with Gasteiger partial charge in [0.1, 0.15) is 12.3 Å². The highest BCUT2D eigenvalue weighted by Gasteiger charge is 2.14. The minimum absolute atomic E-state index is 0. The zero-order valence-electron chi connectivity index (χ0n) is 15.8. The molecule has 4 aromatic rings. The number of anilines is 2. The summed E-state index contributed by atoms with van der Waals surface area (Å²) in [5.41, 5.74) is 2.37. The van der Waals surface area contributed by atoms with Crippen molar-refractivity contribution in [1.82, 2.24) is 20.5 Å². The Kier molecular flexibility index (Phi) is 6.86. The molecule has 0 fully saturated rings. The van der Waals surface area contributed by atoms with Crippen LogP contribution in [-0.4, -0.2) is 28.1 Å². The maximum atomic E-state index is 11.7. The van der Waals surface area contributed by atoms with E-state index < -0.39 is 0 Å². The monoisotopic (exact) mass is 489 g/mol. The third-order valence-electron chi connectivity index (χ3n) is 4.12. The highest BCUT2D eigenvalue weighted by atomic mass is 79.9. The van der Waals surface area contributed by atoms with Gasteiger partial charge < -0.3 is 19.8 Å². The van der Waals surface area contributed by atoms with E-state index in [4.69, 9.17) is 20.8 Å². The fourth-order valence-corrected chi connectivity index (χ4v) is 2.81. The van der Waals surface area contributed by atoms with Crippen molar-refractivity contribution in [3.63, 3.8) is 0 Å². The summed E-state index contributed by atoms with van der Waals surface area (Å²) in [5, 5.41) is 15.4. The quantitative estimate of drug-likeness (QED) is 0.409. The molecule has 1 aromatic carbocycles. The van der Waals surface area contributed by atoms with Crippen LogP contribution in [0.5, 0.6) is 5.88 Å². The second-order valence-corrected chi connectivity index (χ2v) is 6.50. The molecule has 0 saturated heterocycles. The predicted molar refractivity (Wildman–Crippen MR) is 119 cm³/mol. The Morgan fingerprint density at radius 3 is 2.73 bits per heavy atom. The third kappa shape index (κ3) is 4.69. The van der Waals surface area contributed by atoms with Gasteiger partial charge in [-0.3, -0.25) is 9.78 Å². The van der Waals surface area contributed by atoms with E-state index in [0.29, 0.717) is 22.1 Å². The lowest BCUT2D eigenvalue weighted by Gasteiger charge is -2.09. The van der Waals surface area contributed by atoms with Gasteiger partial charge in [0.05, 0.1) is 11.6 Å². The number of aromatic nitrogens is 3. The molecular formula is C20H17BrClN5O3. The summed E-state index contributed by atoms with van der Waals surface area (Å²) in [6.07, 6.45) is 3.10. The molecule has 0 radical (unpaired) electrons. The maximum absolute atomic E-state index is 11.7. The average molecular weight is 491 g/mol. The molecule has 2 N–H and O–H groups in total. The number of amides is 1. The molecule has 0 aliphatic carbocycles. The van der Waals surface area contributed by atoms with Crippen LogP contribution in [0.2, 0.25) is 5.02 Å². The Balaban J connectivity index is 0.00000256. The number of nitrogens with zero attached hydrogens (tertiary/aromatic N) is 3. The van der Waals surface area contributed by atoms with Crippen molar-refractivity contribution in [1.29, 1.82) is 0 Å². The second kappa shape index (κ2) is 9.55. The van der Waals surface area contributed by atoms with Crippen LogP contribution in [0.4, 0.5) is 11.5 Å². The van der Waals surface area contributed by atoms with Crippen molar-refractivity contribution in [2.45, 2.75) is 6.61 Å². The number of hydrogen-bond acceptors (Lipinski definition) is 7. The first-order valence-electron chi connectivity index (χ1n) is 8.70. The van der Waals surface area contributed by atoms with Crippen LogP contribution >= 0.6 is 28.6 Å². The van der Waals surface area contributed by atoms with E-state index in [2.05, 4.69) is 25.8 Å². The van der Waals surface area contributed by atoms with Gasteiger partial charge >= 0.3 is 0 Å². The van der Waals surface area contributed by atoms with E-state index in [-0.39, 0.29) is 35.4 Å². The highest BCUT2D eigenvalue weighted by molar-refractivity contribution is 8.93. The van der Waals surface area contributed by atoms with Gasteiger partial charge in [0, 0.05) is 24.0 Å². The zero-order chi connectivity index (χ0) is 20.2. The van der Waals surface area contributed by atoms with Crippen molar-refractivity contribution in [3.8, 4) is 5.88 Å². The largest absolute Gasteiger partial charge is 0.469 e. The first-order valence-corrected chi connectivity index (χ1v) is 9.08. The number of pyridine rings is 1. The number of fused-ring (bicyclic) bond motifs is 1. The summed E-state index contributed by atoms with van der Waals surface area (Å²) >= 11 is 5.92. The van der Waals surface area contributed by atoms with E-state index in [0.717, 1.165) is 16.6 Å². The van der Waals surface area contributed by atoms with Crippen molar-refractivity contribution in [2.24, 2.45) is 0 Å². The summed E-state index contributed by atoms with van der Waals surface area (Å²) in [7, 11) is 1.55. The number of halogens is 2. The standard InChI is InChI=1S/C20H16ClN5O3.BrH/c1-22-19(27)16-10-12(6-8-23-16)11-29-20-17-15(7-9-28-17)18(25-26-20)24-14-4-2-13(21)3-5-14;/h2-10H,11H2,1H3,(H,22,27)(H,24,25);1H. The van der Waals surface area contributed by atoms with E-state index in [9.17, 15) is 4.79 Å². The number of carbonyl (C=O) groups excluding carboxylic acids is 1. The molecule has 0 spiro atoms. The molecule has 1 amide bonds. The molecule has 0 unspecified atom stereocenters. The van der Waals surface area contributed by atoms with Gasteiger partial charge in [0.15, 0.2) is 5.82 Å². The molecule has 30 heavy (non-hydrogen) atoms. The van der Waals surface area contributed by atoms with E-state index in [1.54, 1.807) is 49.8 Å². The fraction of sp³-hybridized carbons (Fsp3) is 0.100. The molecule has 0 aliphatic heterocycles. The lowest BCUT2D eigenvalue weighted by Crippen LogP contribution is -2.19. The van der Waals surface area contributed by atoms with Crippen molar-refractivity contribution < 1.29 is 13.9 Å². The lowest BCUT2D eigenvalue weighted by molar-refractivity contribution is 0.0958. The van der Waals surface area contributed by atoms with Crippen LogP contribution in [0.25, 0.3) is 11.0 Å². The number of rotatable bonds is 6. The van der Waals surface area contributed by atoms with Crippen LogP contribution in [0.1, 0.15) is 16.1 Å². The van der Waals surface area contributed by atoms with Crippen LogP contribution in [-0.2, 0) is 6.61 Å². The SMILES string of the molecule is Br.CNC(=O)c1cc(COc2nnc(Nc3ccc(Cl)cc3)c3ccoc23)ccn1. The summed E-state index contributed by atoms with van der Waals surface area (Å²) in [6, 6.07) is 12.4. The summed E-state index contributed by atoms with van der Waals surface area (Å²) in [4.78, 5) is 15.8. The first-order chi connectivity index (χ1) is 14.1. The van der Waals surface area contributed by atoms with Crippen molar-refractivity contribution in [2.75, 3.05) is 12.4 Å². The zero-order valence-corrected chi connectivity index (χ0v) is 18.2. The van der Waals surface area contributed by atoms with Gasteiger partial charge in [0.2, 0.25) is 5.58 Å². The van der Waals surface area contributed by atoms with Gasteiger partial charge in [0.25, 0.3) is 11.8 Å². The fourth-order valence-electron chi connectivity index (χ4n) is 2.68. The predicted octanol–water partition coefficient (Wildman–Crippen LogP) is 4.53. The van der Waals surface area contributed by atoms with Gasteiger partial charge in [-0.05, 0) is 48.0 Å². The molecule has 4 rings (SSSR count). The van der Waals surface area contributed by atoms with Crippen molar-refractivity contribution >= 4 is 57.0 Å². The minimum atomic E-state index is -0.266. The number of nitrogens with one attached hydrogen (secondary N) is 2. The van der Waals surface area contributed by atoms with Crippen LogP contribution in [0.15, 0.2) is 59.3 Å². The molecular weight excluding hydrogens is 474 g/mol. The number of hydrogen-bond donors (Lipinski definition) is 2. The number of ether oxygens (including phenoxy) is 1. The number of carbonyl (C=O) groups is 1. The minimum Gasteiger partial charge on any atom is -0.469 e. The van der Waals surface area contributed by atoms with Crippen LogP contribution in [0.3, 0.4) is 0 Å². The molecule has 0 bridgehead atoms. The molecule has 3 heterocycles. The molecule has 10 heteroatoms. The molecule has 8 nitrogen and oxygen atoms in total. The van der Waals surface area contributed by atoms with E-state index >= 15 is 0 Å². The van der Waals surface area contributed by atoms with Crippen LogP contribution in [0, 0.1) is 0 Å².